The summed E-state index contributed by atoms with van der Waals surface area (Å²) in [4.78, 5) is 4.52. The molecule has 0 spiro atoms. The molecular formula is C15H20N2S. The van der Waals surface area contributed by atoms with Crippen LogP contribution in [0, 0.1) is 5.92 Å². The minimum Gasteiger partial charge on any atom is -0.367 e. The van der Waals surface area contributed by atoms with Crippen LogP contribution in [0.3, 0.4) is 0 Å². The lowest BCUT2D eigenvalue weighted by atomic mass is 10.0. The monoisotopic (exact) mass is 260 g/mol. The summed E-state index contributed by atoms with van der Waals surface area (Å²) in [7, 11) is 0. The van der Waals surface area contributed by atoms with E-state index in [1.807, 2.05) is 6.20 Å². The van der Waals surface area contributed by atoms with Gasteiger partial charge in [0.15, 0.2) is 0 Å². The molecule has 2 unspecified atom stereocenters. The number of fused-ring (bicyclic) bond motifs is 1. The highest BCUT2D eigenvalue weighted by Gasteiger charge is 2.17. The van der Waals surface area contributed by atoms with Crippen molar-refractivity contribution in [2.45, 2.75) is 45.1 Å². The van der Waals surface area contributed by atoms with Crippen LogP contribution in [0.2, 0.25) is 0 Å². The van der Waals surface area contributed by atoms with E-state index >= 15 is 0 Å². The van der Waals surface area contributed by atoms with Gasteiger partial charge in [0.1, 0.15) is 5.82 Å². The van der Waals surface area contributed by atoms with Crippen LogP contribution in [-0.2, 0) is 0 Å². The number of nitrogens with zero attached hydrogens (tertiary/aromatic N) is 1. The minimum atomic E-state index is 0.605. The number of nitrogens with one attached hydrogen (secondary N) is 1. The lowest BCUT2D eigenvalue weighted by Crippen LogP contribution is -2.19. The molecule has 1 saturated carbocycles. The molecule has 3 heteroatoms. The van der Waals surface area contributed by atoms with Crippen LogP contribution in [0.15, 0.2) is 23.7 Å². The molecule has 0 bridgehead atoms. The third-order valence-corrected chi connectivity index (χ3v) is 4.86. The highest BCUT2D eigenvalue weighted by molar-refractivity contribution is 7.17. The number of hydrogen-bond donors (Lipinski definition) is 1. The van der Waals surface area contributed by atoms with Crippen LogP contribution in [0.1, 0.15) is 39.0 Å². The van der Waals surface area contributed by atoms with E-state index in [0.717, 1.165) is 11.7 Å². The van der Waals surface area contributed by atoms with Crippen molar-refractivity contribution in [2.24, 2.45) is 5.92 Å². The van der Waals surface area contributed by atoms with Gasteiger partial charge in [-0.15, -0.1) is 11.3 Å². The van der Waals surface area contributed by atoms with E-state index in [9.17, 15) is 0 Å². The maximum absolute atomic E-state index is 4.52. The van der Waals surface area contributed by atoms with E-state index < -0.39 is 0 Å². The van der Waals surface area contributed by atoms with E-state index in [2.05, 4.69) is 34.7 Å². The van der Waals surface area contributed by atoms with Crippen molar-refractivity contribution in [2.75, 3.05) is 5.32 Å². The first-order chi connectivity index (χ1) is 8.83. The molecule has 1 aliphatic rings. The second-order valence-corrected chi connectivity index (χ2v) is 6.39. The van der Waals surface area contributed by atoms with E-state index in [4.69, 9.17) is 0 Å². The second kappa shape index (κ2) is 5.27. The predicted octanol–water partition coefficient (Wildman–Crippen LogP) is 4.68. The van der Waals surface area contributed by atoms with Gasteiger partial charge in [0.2, 0.25) is 0 Å². The highest BCUT2D eigenvalue weighted by Crippen LogP contribution is 2.29. The molecule has 2 aromatic heterocycles. The molecule has 1 N–H and O–H groups in total. The zero-order chi connectivity index (χ0) is 12.4. The van der Waals surface area contributed by atoms with Crippen molar-refractivity contribution in [3.05, 3.63) is 23.7 Å². The van der Waals surface area contributed by atoms with Crippen molar-refractivity contribution in [1.29, 1.82) is 0 Å². The Kier molecular flexibility index (Phi) is 3.50. The normalized spacial score (nSPS) is 24.9. The maximum atomic E-state index is 4.52. The Morgan fingerprint density at radius 3 is 3.11 bits per heavy atom. The van der Waals surface area contributed by atoms with E-state index in [1.165, 1.54) is 42.2 Å². The summed E-state index contributed by atoms with van der Waals surface area (Å²) in [5.74, 6) is 1.97. The molecule has 0 radical (unpaired) electrons. The predicted molar refractivity (Wildman–Crippen MR) is 79.3 cm³/mol. The van der Waals surface area contributed by atoms with Gasteiger partial charge < -0.3 is 5.32 Å². The third kappa shape index (κ3) is 2.51. The first-order valence-electron chi connectivity index (χ1n) is 6.91. The summed E-state index contributed by atoms with van der Waals surface area (Å²) in [6.07, 6.45) is 8.56. The molecule has 0 saturated heterocycles. The van der Waals surface area contributed by atoms with Gasteiger partial charge in [-0.25, -0.2) is 4.98 Å². The van der Waals surface area contributed by atoms with Gasteiger partial charge in [0.05, 0.1) is 0 Å². The molecule has 0 aliphatic heterocycles. The van der Waals surface area contributed by atoms with Crippen LogP contribution >= 0.6 is 11.3 Å². The molecule has 1 aliphatic carbocycles. The van der Waals surface area contributed by atoms with Gasteiger partial charge in [0, 0.05) is 22.3 Å². The smallest absolute Gasteiger partial charge is 0.134 e. The van der Waals surface area contributed by atoms with Crippen LogP contribution < -0.4 is 5.32 Å². The summed E-state index contributed by atoms with van der Waals surface area (Å²) in [5, 5.41) is 7.09. The number of thiophene rings is 1. The lowest BCUT2D eigenvalue weighted by molar-refractivity contribution is 0.502. The van der Waals surface area contributed by atoms with Crippen molar-refractivity contribution >= 4 is 27.2 Å². The van der Waals surface area contributed by atoms with Crippen molar-refractivity contribution in [3.8, 4) is 0 Å². The van der Waals surface area contributed by atoms with Crippen molar-refractivity contribution in [3.63, 3.8) is 0 Å². The Balaban J connectivity index is 1.77. The van der Waals surface area contributed by atoms with Crippen molar-refractivity contribution < 1.29 is 0 Å². The largest absolute Gasteiger partial charge is 0.367 e. The van der Waals surface area contributed by atoms with E-state index in [0.29, 0.717) is 6.04 Å². The van der Waals surface area contributed by atoms with Gasteiger partial charge in [-0.05, 0) is 42.7 Å². The fraction of sp³-hybridized carbons (Fsp3) is 0.533. The van der Waals surface area contributed by atoms with E-state index in [-0.39, 0.29) is 0 Å². The first-order valence-corrected chi connectivity index (χ1v) is 7.79. The van der Waals surface area contributed by atoms with Crippen LogP contribution in [0.5, 0.6) is 0 Å². The molecule has 2 aromatic rings. The average molecular weight is 260 g/mol. The maximum Gasteiger partial charge on any atom is 0.134 e. The van der Waals surface area contributed by atoms with Gasteiger partial charge in [-0.2, -0.15) is 0 Å². The number of pyridine rings is 1. The molecule has 2 atom stereocenters. The van der Waals surface area contributed by atoms with Crippen LogP contribution in [0.4, 0.5) is 5.82 Å². The third-order valence-electron chi connectivity index (χ3n) is 3.98. The summed E-state index contributed by atoms with van der Waals surface area (Å²) < 4.78 is 1.33. The van der Waals surface area contributed by atoms with Crippen molar-refractivity contribution in [1.82, 2.24) is 4.98 Å². The molecule has 0 amide bonds. The number of aromatic nitrogens is 1. The number of hydrogen-bond acceptors (Lipinski definition) is 3. The highest BCUT2D eigenvalue weighted by atomic mass is 32.1. The molecule has 2 nitrogen and oxygen atoms in total. The summed E-state index contributed by atoms with van der Waals surface area (Å²) in [6, 6.07) is 4.88. The SMILES string of the molecule is CC1CCCC(Nc2nccc3sccc23)CC1. The summed E-state index contributed by atoms with van der Waals surface area (Å²) in [5.41, 5.74) is 0. The van der Waals surface area contributed by atoms with Gasteiger partial charge in [-0.3, -0.25) is 0 Å². The number of anilines is 1. The Labute approximate surface area is 112 Å². The van der Waals surface area contributed by atoms with Crippen LogP contribution in [-0.4, -0.2) is 11.0 Å². The van der Waals surface area contributed by atoms with E-state index in [1.54, 1.807) is 11.3 Å². The molecule has 18 heavy (non-hydrogen) atoms. The fourth-order valence-electron chi connectivity index (χ4n) is 2.83. The number of rotatable bonds is 2. The Hall–Kier alpha value is -1.09. The fourth-order valence-corrected chi connectivity index (χ4v) is 3.62. The van der Waals surface area contributed by atoms with Gasteiger partial charge >= 0.3 is 0 Å². The molecule has 2 heterocycles. The summed E-state index contributed by atoms with van der Waals surface area (Å²) in [6.45, 7) is 2.38. The second-order valence-electron chi connectivity index (χ2n) is 5.45. The Morgan fingerprint density at radius 1 is 1.22 bits per heavy atom. The van der Waals surface area contributed by atoms with Gasteiger partial charge in [-0.1, -0.05) is 19.8 Å². The average Bonchev–Trinajstić information content (AvgIpc) is 2.76. The Morgan fingerprint density at radius 2 is 2.17 bits per heavy atom. The zero-order valence-corrected chi connectivity index (χ0v) is 11.7. The molecule has 3 rings (SSSR count). The lowest BCUT2D eigenvalue weighted by Gasteiger charge is -2.17. The topological polar surface area (TPSA) is 24.9 Å². The quantitative estimate of drug-likeness (QED) is 0.793. The standard InChI is InChI=1S/C15H20N2S/c1-11-3-2-4-12(6-5-11)17-15-13-8-10-18-14(13)7-9-16-15/h7-12H,2-6H2,1H3,(H,16,17). The Bertz CT molecular complexity index is 520. The molecule has 1 fully saturated rings. The zero-order valence-electron chi connectivity index (χ0n) is 10.9. The first kappa shape index (κ1) is 12.0. The molecule has 96 valence electrons. The van der Waals surface area contributed by atoms with Crippen LogP contribution in [0.25, 0.3) is 10.1 Å². The molecule has 0 aromatic carbocycles. The van der Waals surface area contributed by atoms with Gasteiger partial charge in [0.25, 0.3) is 0 Å². The summed E-state index contributed by atoms with van der Waals surface area (Å²) >= 11 is 1.79. The minimum absolute atomic E-state index is 0.605. The molecular weight excluding hydrogens is 240 g/mol.